The number of nitrogens with one attached hydrogen (secondary N) is 3. The SMILES string of the molecule is C=C(NC)Nc1ccc(O)cc1.C=Cc1cc2c([nH]1)C(C(N)=O)CCC2. The normalized spacial score (nSPS) is 15.0. The van der Waals surface area contributed by atoms with Gasteiger partial charge in [-0.25, -0.2) is 0 Å². The van der Waals surface area contributed by atoms with E-state index in [1.165, 1.54) is 5.56 Å². The highest BCUT2D eigenvalue weighted by molar-refractivity contribution is 5.82. The van der Waals surface area contributed by atoms with E-state index in [0.29, 0.717) is 0 Å². The third kappa shape index (κ3) is 4.92. The van der Waals surface area contributed by atoms with Gasteiger partial charge in [0.15, 0.2) is 0 Å². The summed E-state index contributed by atoms with van der Waals surface area (Å²) in [6, 6.07) is 8.84. The maximum absolute atomic E-state index is 11.2. The smallest absolute Gasteiger partial charge is 0.226 e. The summed E-state index contributed by atoms with van der Waals surface area (Å²) in [5.41, 5.74) is 9.43. The number of phenolic OH excluding ortho intramolecular Hbond substituents is 1. The molecule has 6 nitrogen and oxygen atoms in total. The summed E-state index contributed by atoms with van der Waals surface area (Å²) in [5, 5.41) is 14.8. The van der Waals surface area contributed by atoms with Crippen LogP contribution in [0.5, 0.6) is 5.75 Å². The van der Waals surface area contributed by atoms with E-state index < -0.39 is 0 Å². The monoisotopic (exact) mass is 354 g/mol. The fraction of sp³-hybridized carbons (Fsp3) is 0.250. The van der Waals surface area contributed by atoms with Gasteiger partial charge in [0.25, 0.3) is 0 Å². The minimum atomic E-state index is -0.233. The van der Waals surface area contributed by atoms with Crippen molar-refractivity contribution >= 4 is 17.7 Å². The van der Waals surface area contributed by atoms with E-state index in [4.69, 9.17) is 10.8 Å². The van der Waals surface area contributed by atoms with Gasteiger partial charge in [-0.3, -0.25) is 4.79 Å². The molecular formula is C20H26N4O2. The Morgan fingerprint density at radius 2 is 2.08 bits per heavy atom. The number of H-pyrrole nitrogens is 1. The molecule has 1 aromatic heterocycles. The molecule has 26 heavy (non-hydrogen) atoms. The molecule has 1 unspecified atom stereocenters. The maximum Gasteiger partial charge on any atom is 0.226 e. The minimum absolute atomic E-state index is 0.132. The Bertz CT molecular complexity index is 778. The Morgan fingerprint density at radius 1 is 1.38 bits per heavy atom. The van der Waals surface area contributed by atoms with Crippen molar-refractivity contribution in [3.63, 3.8) is 0 Å². The van der Waals surface area contributed by atoms with Crippen LogP contribution in [-0.2, 0) is 11.2 Å². The molecule has 1 aliphatic carbocycles. The number of aryl methyl sites for hydroxylation is 1. The fourth-order valence-corrected chi connectivity index (χ4v) is 2.87. The van der Waals surface area contributed by atoms with Crippen molar-refractivity contribution in [3.8, 4) is 5.75 Å². The van der Waals surface area contributed by atoms with Crippen molar-refractivity contribution in [2.45, 2.75) is 25.2 Å². The van der Waals surface area contributed by atoms with Crippen molar-refractivity contribution in [3.05, 3.63) is 66.3 Å². The highest BCUT2D eigenvalue weighted by atomic mass is 16.3. The van der Waals surface area contributed by atoms with Crippen LogP contribution < -0.4 is 16.4 Å². The van der Waals surface area contributed by atoms with Gasteiger partial charge in [-0.15, -0.1) is 0 Å². The second-order valence-electron chi connectivity index (χ2n) is 6.12. The van der Waals surface area contributed by atoms with Gasteiger partial charge in [0, 0.05) is 24.1 Å². The van der Waals surface area contributed by atoms with Crippen molar-refractivity contribution in [2.75, 3.05) is 12.4 Å². The van der Waals surface area contributed by atoms with Gasteiger partial charge in [-0.2, -0.15) is 0 Å². The number of aromatic nitrogens is 1. The Balaban J connectivity index is 0.000000190. The first-order valence-electron chi connectivity index (χ1n) is 8.50. The minimum Gasteiger partial charge on any atom is -0.508 e. The number of anilines is 1. The van der Waals surface area contributed by atoms with Crippen molar-refractivity contribution in [2.24, 2.45) is 5.73 Å². The molecule has 1 aromatic carbocycles. The number of aromatic hydroxyl groups is 1. The van der Waals surface area contributed by atoms with Gasteiger partial charge in [0.2, 0.25) is 5.91 Å². The second kappa shape index (κ2) is 8.80. The average molecular weight is 354 g/mol. The van der Waals surface area contributed by atoms with Crippen molar-refractivity contribution in [1.29, 1.82) is 0 Å². The molecule has 0 saturated heterocycles. The van der Waals surface area contributed by atoms with E-state index in [1.807, 2.05) is 0 Å². The van der Waals surface area contributed by atoms with Crippen LogP contribution in [0.25, 0.3) is 6.08 Å². The Kier molecular flexibility index (Phi) is 6.49. The van der Waals surface area contributed by atoms with Crippen LogP contribution in [-0.4, -0.2) is 23.0 Å². The number of phenols is 1. The topological polar surface area (TPSA) is 103 Å². The van der Waals surface area contributed by atoms with E-state index in [2.05, 4.69) is 34.8 Å². The Hall–Kier alpha value is -3.15. The van der Waals surface area contributed by atoms with Crippen LogP contribution in [0.4, 0.5) is 5.69 Å². The highest BCUT2D eigenvalue weighted by Crippen LogP contribution is 2.31. The number of rotatable bonds is 5. The molecule has 6 N–H and O–H groups in total. The summed E-state index contributed by atoms with van der Waals surface area (Å²) in [6.07, 6.45) is 4.69. The lowest BCUT2D eigenvalue weighted by Crippen LogP contribution is -2.24. The molecule has 0 aliphatic heterocycles. The number of nitrogens with two attached hydrogens (primary N) is 1. The van der Waals surface area contributed by atoms with Gasteiger partial charge >= 0.3 is 0 Å². The first-order valence-corrected chi connectivity index (χ1v) is 8.50. The van der Waals surface area contributed by atoms with Crippen LogP contribution >= 0.6 is 0 Å². The number of amides is 1. The first-order chi connectivity index (χ1) is 12.4. The van der Waals surface area contributed by atoms with E-state index >= 15 is 0 Å². The maximum atomic E-state index is 11.2. The summed E-state index contributed by atoms with van der Waals surface area (Å²) in [5.74, 6) is 0.618. The molecule has 0 spiro atoms. The van der Waals surface area contributed by atoms with Crippen molar-refractivity contribution < 1.29 is 9.90 Å². The summed E-state index contributed by atoms with van der Waals surface area (Å²) < 4.78 is 0. The predicted octanol–water partition coefficient (Wildman–Crippen LogP) is 3.06. The number of carbonyl (C=O) groups excluding carboxylic acids is 1. The van der Waals surface area contributed by atoms with Crippen molar-refractivity contribution in [1.82, 2.24) is 10.3 Å². The highest BCUT2D eigenvalue weighted by Gasteiger charge is 2.26. The molecule has 3 rings (SSSR count). The molecular weight excluding hydrogens is 328 g/mol. The molecule has 1 aliphatic rings. The predicted molar refractivity (Wildman–Crippen MR) is 106 cm³/mol. The average Bonchev–Trinajstić information content (AvgIpc) is 3.07. The number of benzene rings is 1. The molecule has 0 radical (unpaired) electrons. The molecule has 0 fully saturated rings. The van der Waals surface area contributed by atoms with Crippen LogP contribution in [0, 0.1) is 0 Å². The van der Waals surface area contributed by atoms with E-state index in [-0.39, 0.29) is 17.6 Å². The number of fused-ring (bicyclic) bond motifs is 1. The van der Waals surface area contributed by atoms with Gasteiger partial charge in [-0.1, -0.05) is 13.2 Å². The third-order valence-electron chi connectivity index (χ3n) is 4.27. The zero-order valence-corrected chi connectivity index (χ0v) is 15.0. The molecule has 1 heterocycles. The first kappa shape index (κ1) is 19.2. The van der Waals surface area contributed by atoms with Crippen LogP contribution in [0.15, 0.2) is 49.3 Å². The summed E-state index contributed by atoms with van der Waals surface area (Å²) >= 11 is 0. The lowest BCUT2D eigenvalue weighted by Gasteiger charge is -2.19. The standard InChI is InChI=1S/C11H14N2O.C9H12N2O/c1-2-8-6-7-4-3-5-9(11(12)14)10(7)13-8;1-7(10-2)11-8-3-5-9(12)6-4-8/h2,6,9,13H,1,3-5H2,(H2,12,14);3-6,10-12H,1H2,2H3. The summed E-state index contributed by atoms with van der Waals surface area (Å²) in [6.45, 7) is 7.40. The van der Waals surface area contributed by atoms with Crippen LogP contribution in [0.1, 0.15) is 35.7 Å². The lowest BCUT2D eigenvalue weighted by atomic mass is 9.87. The quantitative estimate of drug-likeness (QED) is 0.532. The molecule has 0 saturated carbocycles. The molecule has 6 heteroatoms. The summed E-state index contributed by atoms with van der Waals surface area (Å²) in [7, 11) is 1.79. The molecule has 1 atom stereocenters. The number of hydrogen-bond donors (Lipinski definition) is 5. The number of aromatic amines is 1. The van der Waals surface area contributed by atoms with Crippen LogP contribution in [0.3, 0.4) is 0 Å². The summed E-state index contributed by atoms with van der Waals surface area (Å²) in [4.78, 5) is 14.4. The largest absolute Gasteiger partial charge is 0.508 e. The van der Waals surface area contributed by atoms with E-state index in [9.17, 15) is 4.79 Å². The van der Waals surface area contributed by atoms with E-state index in [1.54, 1.807) is 37.4 Å². The van der Waals surface area contributed by atoms with Gasteiger partial charge in [0.1, 0.15) is 5.75 Å². The van der Waals surface area contributed by atoms with Gasteiger partial charge < -0.3 is 26.5 Å². The third-order valence-corrected chi connectivity index (χ3v) is 4.27. The number of primary amides is 1. The lowest BCUT2D eigenvalue weighted by molar-refractivity contribution is -0.119. The Morgan fingerprint density at radius 3 is 2.65 bits per heavy atom. The second-order valence-corrected chi connectivity index (χ2v) is 6.12. The molecule has 1 amide bonds. The molecule has 0 bridgehead atoms. The molecule has 2 aromatic rings. The van der Waals surface area contributed by atoms with Crippen LogP contribution in [0.2, 0.25) is 0 Å². The fourth-order valence-electron chi connectivity index (χ4n) is 2.87. The zero-order chi connectivity index (χ0) is 19.1. The van der Waals surface area contributed by atoms with E-state index in [0.717, 1.165) is 42.2 Å². The molecule has 138 valence electrons. The number of hydrogen-bond acceptors (Lipinski definition) is 4. The van der Waals surface area contributed by atoms with Gasteiger partial charge in [0.05, 0.1) is 11.7 Å². The zero-order valence-electron chi connectivity index (χ0n) is 15.0. The number of carbonyl (C=O) groups is 1. The van der Waals surface area contributed by atoms with Gasteiger partial charge in [-0.05, 0) is 61.2 Å². The Labute approximate surface area is 153 Å².